The average molecular weight is 348 g/mol. The van der Waals surface area contributed by atoms with Crippen molar-refractivity contribution >= 4 is 11.1 Å². The second-order valence-corrected chi connectivity index (χ2v) is 7.11. The maximum absolute atomic E-state index is 3.89. The first-order chi connectivity index (χ1) is 13.2. The van der Waals surface area contributed by atoms with Gasteiger partial charge in [0.25, 0.3) is 0 Å². The third kappa shape index (κ3) is 2.23. The molecule has 0 aromatic heterocycles. The van der Waals surface area contributed by atoms with Gasteiger partial charge in [-0.2, -0.15) is 0 Å². The SMILES string of the molecule is C=C/C=C\C1=C(C)c2ccccc2C12C(/C=C\C=C)=C(C)c1ccccc12. The van der Waals surface area contributed by atoms with Crippen molar-refractivity contribution < 1.29 is 0 Å². The van der Waals surface area contributed by atoms with E-state index in [4.69, 9.17) is 0 Å². The second kappa shape index (κ2) is 6.55. The van der Waals surface area contributed by atoms with Crippen LogP contribution in [0.4, 0.5) is 0 Å². The molecule has 0 nitrogen and oxygen atoms in total. The van der Waals surface area contributed by atoms with E-state index >= 15 is 0 Å². The fraction of sp³-hybridized carbons (Fsp3) is 0.111. The molecule has 2 aromatic rings. The lowest BCUT2D eigenvalue weighted by Gasteiger charge is -2.32. The van der Waals surface area contributed by atoms with Gasteiger partial charge in [0.2, 0.25) is 0 Å². The summed E-state index contributed by atoms with van der Waals surface area (Å²) in [6, 6.07) is 17.6. The summed E-state index contributed by atoms with van der Waals surface area (Å²) in [7, 11) is 0. The van der Waals surface area contributed by atoms with Gasteiger partial charge in [-0.25, -0.2) is 0 Å². The quantitative estimate of drug-likeness (QED) is 0.520. The molecule has 0 unspecified atom stereocenters. The number of allylic oxidation sites excluding steroid dienone is 10. The van der Waals surface area contributed by atoms with Crippen molar-refractivity contribution in [3.8, 4) is 0 Å². The van der Waals surface area contributed by atoms with E-state index in [0.29, 0.717) is 0 Å². The molecule has 0 radical (unpaired) electrons. The summed E-state index contributed by atoms with van der Waals surface area (Å²) in [6.45, 7) is 12.3. The van der Waals surface area contributed by atoms with Gasteiger partial charge in [0.05, 0.1) is 5.41 Å². The Labute approximate surface area is 162 Å². The van der Waals surface area contributed by atoms with Crippen molar-refractivity contribution in [3.05, 3.63) is 132 Å². The lowest BCUT2D eigenvalue weighted by molar-refractivity contribution is 0.778. The zero-order valence-corrected chi connectivity index (χ0v) is 16.0. The highest BCUT2D eigenvalue weighted by Gasteiger charge is 2.51. The Hall–Kier alpha value is -3.12. The highest BCUT2D eigenvalue weighted by molar-refractivity contribution is 5.95. The minimum absolute atomic E-state index is 0.277. The topological polar surface area (TPSA) is 0 Å². The lowest BCUT2D eigenvalue weighted by Crippen LogP contribution is -2.27. The van der Waals surface area contributed by atoms with Gasteiger partial charge in [0, 0.05) is 0 Å². The molecular formula is C27H24. The molecule has 0 heteroatoms. The van der Waals surface area contributed by atoms with E-state index in [1.54, 1.807) is 0 Å². The highest BCUT2D eigenvalue weighted by Crippen LogP contribution is 2.61. The van der Waals surface area contributed by atoms with Crippen molar-refractivity contribution in [2.45, 2.75) is 19.3 Å². The van der Waals surface area contributed by atoms with Crippen LogP contribution in [0.5, 0.6) is 0 Å². The predicted octanol–water partition coefficient (Wildman–Crippen LogP) is 7.03. The Balaban J connectivity index is 2.17. The largest absolute Gasteiger partial charge is 0.0991 e. The van der Waals surface area contributed by atoms with E-state index in [-0.39, 0.29) is 5.41 Å². The van der Waals surface area contributed by atoms with E-state index in [2.05, 4.69) is 99.8 Å². The van der Waals surface area contributed by atoms with E-state index in [0.717, 1.165) is 0 Å². The molecule has 0 saturated heterocycles. The van der Waals surface area contributed by atoms with Crippen LogP contribution >= 0.6 is 0 Å². The minimum atomic E-state index is -0.277. The van der Waals surface area contributed by atoms with Crippen molar-refractivity contribution in [2.75, 3.05) is 0 Å². The molecule has 0 amide bonds. The molecule has 2 aliphatic rings. The molecule has 2 aliphatic carbocycles. The van der Waals surface area contributed by atoms with Crippen molar-refractivity contribution in [2.24, 2.45) is 0 Å². The maximum atomic E-state index is 3.89. The molecule has 0 N–H and O–H groups in total. The third-order valence-electron chi connectivity index (χ3n) is 5.88. The standard InChI is InChI=1S/C27H24/c1-5-7-15-23-19(3)21-13-9-11-17-25(21)27(23)24(16-8-6-2)20(4)22-14-10-12-18-26(22)27/h5-18H,1-2H2,3-4H3/b15-7-,16-8-. The lowest BCUT2D eigenvalue weighted by atomic mass is 9.68. The number of hydrogen-bond donors (Lipinski definition) is 0. The molecule has 0 heterocycles. The maximum Gasteiger partial charge on any atom is 0.0718 e. The van der Waals surface area contributed by atoms with Crippen LogP contribution in [0, 0.1) is 0 Å². The van der Waals surface area contributed by atoms with E-state index in [1.165, 1.54) is 44.5 Å². The summed E-state index contributed by atoms with van der Waals surface area (Å²) in [5.41, 5.74) is 10.4. The van der Waals surface area contributed by atoms with Gasteiger partial charge in [-0.05, 0) is 58.4 Å². The first-order valence-corrected chi connectivity index (χ1v) is 9.38. The number of benzene rings is 2. The molecule has 132 valence electrons. The Bertz CT molecular complexity index is 979. The van der Waals surface area contributed by atoms with Crippen LogP contribution in [-0.2, 0) is 5.41 Å². The van der Waals surface area contributed by atoms with Crippen LogP contribution < -0.4 is 0 Å². The molecular weight excluding hydrogens is 324 g/mol. The molecule has 1 spiro atoms. The molecule has 27 heavy (non-hydrogen) atoms. The van der Waals surface area contributed by atoms with Gasteiger partial charge in [-0.1, -0.05) is 98.1 Å². The van der Waals surface area contributed by atoms with Crippen LogP contribution in [0.25, 0.3) is 11.1 Å². The van der Waals surface area contributed by atoms with Gasteiger partial charge in [0.15, 0.2) is 0 Å². The fourth-order valence-corrected chi connectivity index (χ4v) is 4.83. The minimum Gasteiger partial charge on any atom is -0.0991 e. The molecule has 4 rings (SSSR count). The van der Waals surface area contributed by atoms with Gasteiger partial charge in [-0.15, -0.1) is 0 Å². The number of fused-ring (bicyclic) bond motifs is 4. The van der Waals surface area contributed by atoms with Crippen molar-refractivity contribution in [1.29, 1.82) is 0 Å². The summed E-state index contributed by atoms with van der Waals surface area (Å²) in [4.78, 5) is 0. The van der Waals surface area contributed by atoms with Gasteiger partial charge in [-0.3, -0.25) is 0 Å². The molecule has 0 fully saturated rings. The summed E-state index contributed by atoms with van der Waals surface area (Å²) >= 11 is 0. The Morgan fingerprint density at radius 2 is 1.07 bits per heavy atom. The predicted molar refractivity (Wildman–Crippen MR) is 118 cm³/mol. The summed E-state index contributed by atoms with van der Waals surface area (Å²) in [5.74, 6) is 0. The average Bonchev–Trinajstić information content (AvgIpc) is 3.10. The first-order valence-electron chi connectivity index (χ1n) is 9.38. The number of rotatable bonds is 4. The van der Waals surface area contributed by atoms with E-state index < -0.39 is 0 Å². The molecule has 0 saturated carbocycles. The summed E-state index contributed by atoms with van der Waals surface area (Å²) in [6.07, 6.45) is 12.3. The zero-order chi connectivity index (χ0) is 19.0. The van der Waals surface area contributed by atoms with Crippen LogP contribution in [0.15, 0.2) is 109 Å². The van der Waals surface area contributed by atoms with Gasteiger partial charge in [0.1, 0.15) is 0 Å². The van der Waals surface area contributed by atoms with Gasteiger partial charge >= 0.3 is 0 Å². The summed E-state index contributed by atoms with van der Waals surface area (Å²) in [5, 5.41) is 0. The molecule has 2 aromatic carbocycles. The second-order valence-electron chi connectivity index (χ2n) is 7.11. The molecule has 0 atom stereocenters. The fourth-order valence-electron chi connectivity index (χ4n) is 4.83. The van der Waals surface area contributed by atoms with E-state index in [9.17, 15) is 0 Å². The van der Waals surface area contributed by atoms with Crippen LogP contribution in [0.2, 0.25) is 0 Å². The Morgan fingerprint density at radius 1 is 0.667 bits per heavy atom. The van der Waals surface area contributed by atoms with Gasteiger partial charge < -0.3 is 0 Å². The van der Waals surface area contributed by atoms with Crippen molar-refractivity contribution in [3.63, 3.8) is 0 Å². The summed E-state index contributed by atoms with van der Waals surface area (Å²) < 4.78 is 0. The number of hydrogen-bond acceptors (Lipinski definition) is 0. The highest BCUT2D eigenvalue weighted by atomic mass is 14.5. The zero-order valence-electron chi connectivity index (χ0n) is 16.0. The van der Waals surface area contributed by atoms with E-state index in [1.807, 2.05) is 12.2 Å². The van der Waals surface area contributed by atoms with Crippen LogP contribution in [0.1, 0.15) is 36.1 Å². The molecule has 0 bridgehead atoms. The van der Waals surface area contributed by atoms with Crippen LogP contribution in [-0.4, -0.2) is 0 Å². The monoisotopic (exact) mass is 348 g/mol. The smallest absolute Gasteiger partial charge is 0.0718 e. The Kier molecular flexibility index (Phi) is 4.20. The normalized spacial score (nSPS) is 17.3. The van der Waals surface area contributed by atoms with Crippen LogP contribution in [0.3, 0.4) is 0 Å². The Morgan fingerprint density at radius 3 is 1.48 bits per heavy atom. The third-order valence-corrected chi connectivity index (χ3v) is 5.88. The molecule has 0 aliphatic heterocycles. The first kappa shape index (κ1) is 17.3. The van der Waals surface area contributed by atoms with Crippen molar-refractivity contribution in [1.82, 2.24) is 0 Å².